The maximum absolute atomic E-state index is 12.2. The summed E-state index contributed by atoms with van der Waals surface area (Å²) in [6, 6.07) is 4.80. The van der Waals surface area contributed by atoms with E-state index >= 15 is 0 Å². The molecule has 0 aliphatic carbocycles. The molecule has 0 radical (unpaired) electrons. The van der Waals surface area contributed by atoms with Crippen molar-refractivity contribution in [2.45, 2.75) is 25.4 Å². The van der Waals surface area contributed by atoms with E-state index in [9.17, 15) is 8.42 Å². The summed E-state index contributed by atoms with van der Waals surface area (Å²) in [5, 5.41) is 0.516. The second kappa shape index (κ2) is 5.75. The molecule has 0 saturated heterocycles. The molecule has 1 aromatic carbocycles. The highest BCUT2D eigenvalue weighted by Gasteiger charge is 2.19. The normalized spacial score (nSPS) is 11.6. The zero-order valence-corrected chi connectivity index (χ0v) is 14.1. The smallest absolute Gasteiger partial charge is 0.280 e. The second-order valence-electron chi connectivity index (χ2n) is 4.15. The first-order valence-electron chi connectivity index (χ1n) is 5.85. The van der Waals surface area contributed by atoms with E-state index < -0.39 is 10.0 Å². The van der Waals surface area contributed by atoms with Crippen LogP contribution in [0, 0.1) is 6.92 Å². The number of imidazole rings is 1. The molecule has 0 spiro atoms. The van der Waals surface area contributed by atoms with Gasteiger partial charge in [0, 0.05) is 17.2 Å². The lowest BCUT2D eigenvalue weighted by Gasteiger charge is -2.06. The van der Waals surface area contributed by atoms with Crippen molar-refractivity contribution >= 4 is 43.2 Å². The van der Waals surface area contributed by atoms with Gasteiger partial charge in [0.2, 0.25) is 0 Å². The van der Waals surface area contributed by atoms with Crippen molar-refractivity contribution in [3.63, 3.8) is 0 Å². The maximum atomic E-state index is 12.2. The Bertz CT molecular complexity index is 743. The molecular formula is C12H13BrClN3O2S. The van der Waals surface area contributed by atoms with Gasteiger partial charge in [-0.15, -0.1) is 0 Å². The Labute approximate surface area is 131 Å². The molecule has 0 bridgehead atoms. The van der Waals surface area contributed by atoms with Gasteiger partial charge in [-0.25, -0.2) is 4.98 Å². The van der Waals surface area contributed by atoms with E-state index in [0.29, 0.717) is 27.6 Å². The Hall–Kier alpha value is -1.05. The van der Waals surface area contributed by atoms with Gasteiger partial charge in [0.1, 0.15) is 5.82 Å². The lowest BCUT2D eigenvalue weighted by atomic mass is 10.3. The molecule has 5 nitrogen and oxygen atoms in total. The summed E-state index contributed by atoms with van der Waals surface area (Å²) in [5.74, 6) is 0.658. The first-order chi connectivity index (χ1) is 9.33. The third-order valence-corrected chi connectivity index (χ3v) is 5.21. The highest BCUT2D eigenvalue weighted by Crippen LogP contribution is 2.26. The van der Waals surface area contributed by atoms with Crippen LogP contribution in [-0.4, -0.2) is 18.0 Å². The van der Waals surface area contributed by atoms with Crippen LogP contribution in [-0.2, 0) is 16.6 Å². The zero-order chi connectivity index (χ0) is 14.9. The van der Waals surface area contributed by atoms with E-state index in [1.54, 1.807) is 29.7 Å². The Balaban J connectivity index is 2.32. The van der Waals surface area contributed by atoms with Crippen LogP contribution in [0.1, 0.15) is 12.7 Å². The van der Waals surface area contributed by atoms with E-state index in [4.69, 9.17) is 11.6 Å². The van der Waals surface area contributed by atoms with Crippen molar-refractivity contribution < 1.29 is 8.42 Å². The summed E-state index contributed by atoms with van der Waals surface area (Å²) in [7, 11) is -3.70. The van der Waals surface area contributed by atoms with Crippen LogP contribution in [0.3, 0.4) is 0 Å². The van der Waals surface area contributed by atoms with Gasteiger partial charge in [0.05, 0.1) is 10.7 Å². The summed E-state index contributed by atoms with van der Waals surface area (Å²) in [4.78, 5) is 4.06. The zero-order valence-electron chi connectivity index (χ0n) is 10.9. The molecule has 2 aromatic rings. The van der Waals surface area contributed by atoms with E-state index in [1.807, 2.05) is 6.92 Å². The SMILES string of the molecule is CCn1cc(S(=O)(=O)Nc2ccc(Cl)c(Br)c2)nc1C. The Morgan fingerprint density at radius 3 is 2.70 bits per heavy atom. The molecule has 0 amide bonds. The lowest BCUT2D eigenvalue weighted by Crippen LogP contribution is -2.13. The van der Waals surface area contributed by atoms with Crippen molar-refractivity contribution in [1.29, 1.82) is 0 Å². The third-order valence-electron chi connectivity index (χ3n) is 2.74. The molecule has 0 atom stereocenters. The predicted octanol–water partition coefficient (Wildman–Crippen LogP) is 3.43. The first kappa shape index (κ1) is 15.3. The summed E-state index contributed by atoms with van der Waals surface area (Å²) >= 11 is 9.12. The Morgan fingerprint density at radius 2 is 2.15 bits per heavy atom. The van der Waals surface area contributed by atoms with Crippen LogP contribution in [0.15, 0.2) is 33.9 Å². The molecule has 2 rings (SSSR count). The van der Waals surface area contributed by atoms with Crippen LogP contribution in [0.2, 0.25) is 5.02 Å². The minimum absolute atomic E-state index is 0.00271. The number of nitrogens with zero attached hydrogens (tertiary/aromatic N) is 2. The summed E-state index contributed by atoms with van der Waals surface area (Å²) in [5.41, 5.74) is 0.421. The number of sulfonamides is 1. The Kier molecular flexibility index (Phi) is 4.41. The van der Waals surface area contributed by atoms with E-state index in [1.165, 1.54) is 6.20 Å². The van der Waals surface area contributed by atoms with Crippen LogP contribution in [0.4, 0.5) is 5.69 Å². The minimum Gasteiger partial charge on any atom is -0.334 e. The van der Waals surface area contributed by atoms with Crippen molar-refractivity contribution in [2.75, 3.05) is 4.72 Å². The van der Waals surface area contributed by atoms with Gasteiger partial charge < -0.3 is 4.57 Å². The molecule has 108 valence electrons. The van der Waals surface area contributed by atoms with Crippen LogP contribution in [0.5, 0.6) is 0 Å². The second-order valence-corrected chi connectivity index (χ2v) is 7.04. The third kappa shape index (κ3) is 3.16. The molecule has 1 aromatic heterocycles. The molecular weight excluding hydrogens is 366 g/mol. The van der Waals surface area contributed by atoms with Gasteiger partial charge in [-0.2, -0.15) is 8.42 Å². The topological polar surface area (TPSA) is 64.0 Å². The largest absolute Gasteiger partial charge is 0.334 e. The number of aryl methyl sites for hydroxylation is 2. The number of benzene rings is 1. The van der Waals surface area contributed by atoms with Crippen molar-refractivity contribution in [1.82, 2.24) is 9.55 Å². The highest BCUT2D eigenvalue weighted by atomic mass is 79.9. The first-order valence-corrected chi connectivity index (χ1v) is 8.50. The Morgan fingerprint density at radius 1 is 1.45 bits per heavy atom. The van der Waals surface area contributed by atoms with E-state index in [2.05, 4.69) is 25.6 Å². The van der Waals surface area contributed by atoms with Gasteiger partial charge in [0.25, 0.3) is 10.0 Å². The minimum atomic E-state index is -3.70. The van der Waals surface area contributed by atoms with Gasteiger partial charge in [-0.1, -0.05) is 11.6 Å². The lowest BCUT2D eigenvalue weighted by molar-refractivity contribution is 0.598. The molecule has 0 aliphatic rings. The van der Waals surface area contributed by atoms with Crippen molar-refractivity contribution in [3.05, 3.63) is 39.7 Å². The molecule has 1 N–H and O–H groups in total. The van der Waals surface area contributed by atoms with Gasteiger partial charge in [-0.05, 0) is 48.0 Å². The number of hydrogen-bond acceptors (Lipinski definition) is 3. The molecule has 8 heteroatoms. The van der Waals surface area contributed by atoms with E-state index in [0.717, 1.165) is 0 Å². The molecule has 20 heavy (non-hydrogen) atoms. The number of anilines is 1. The van der Waals surface area contributed by atoms with Crippen molar-refractivity contribution in [2.24, 2.45) is 0 Å². The predicted molar refractivity (Wildman–Crippen MR) is 82.6 cm³/mol. The van der Waals surface area contributed by atoms with Crippen LogP contribution < -0.4 is 4.72 Å². The average molecular weight is 379 g/mol. The molecule has 0 unspecified atom stereocenters. The summed E-state index contributed by atoms with van der Waals surface area (Å²) in [6.45, 7) is 4.36. The standard InChI is InChI=1S/C12H13BrClN3O2S/c1-3-17-7-12(15-8(17)2)20(18,19)16-9-4-5-11(14)10(13)6-9/h4-7,16H,3H2,1-2H3. The number of nitrogens with one attached hydrogen (secondary N) is 1. The quantitative estimate of drug-likeness (QED) is 0.886. The number of hydrogen-bond donors (Lipinski definition) is 1. The van der Waals surface area contributed by atoms with Crippen LogP contribution >= 0.6 is 27.5 Å². The fourth-order valence-electron chi connectivity index (χ4n) is 1.70. The fraction of sp³-hybridized carbons (Fsp3) is 0.250. The van der Waals surface area contributed by atoms with E-state index in [-0.39, 0.29) is 5.03 Å². The van der Waals surface area contributed by atoms with Gasteiger partial charge in [-0.3, -0.25) is 4.72 Å². The van der Waals surface area contributed by atoms with Gasteiger partial charge >= 0.3 is 0 Å². The number of halogens is 2. The molecule has 0 fully saturated rings. The molecule has 1 heterocycles. The summed E-state index contributed by atoms with van der Waals surface area (Å²) < 4.78 is 29.4. The summed E-state index contributed by atoms with van der Waals surface area (Å²) in [6.07, 6.45) is 1.52. The average Bonchev–Trinajstić information content (AvgIpc) is 2.76. The monoisotopic (exact) mass is 377 g/mol. The van der Waals surface area contributed by atoms with Crippen LogP contribution in [0.25, 0.3) is 0 Å². The molecule has 0 aliphatic heterocycles. The van der Waals surface area contributed by atoms with Gasteiger partial charge in [0.15, 0.2) is 5.03 Å². The highest BCUT2D eigenvalue weighted by molar-refractivity contribution is 9.10. The maximum Gasteiger partial charge on any atom is 0.280 e. The number of aromatic nitrogens is 2. The number of rotatable bonds is 4. The molecule has 0 saturated carbocycles. The van der Waals surface area contributed by atoms with Crippen molar-refractivity contribution in [3.8, 4) is 0 Å². The fourth-order valence-corrected chi connectivity index (χ4v) is 3.25.